The van der Waals surface area contributed by atoms with E-state index in [1.165, 1.54) is 16.2 Å². The zero-order valence-electron chi connectivity index (χ0n) is 13.5. The van der Waals surface area contributed by atoms with Gasteiger partial charge in [0.05, 0.1) is 18.2 Å². The molecule has 1 amide bonds. The summed E-state index contributed by atoms with van der Waals surface area (Å²) in [6.45, 7) is 5.44. The third kappa shape index (κ3) is 2.52. The number of carbonyl (C=O) groups is 1. The molecule has 1 unspecified atom stereocenters. The predicted molar refractivity (Wildman–Crippen MR) is 87.3 cm³/mol. The number of ether oxygens (including phenoxy) is 1. The number of amides is 1. The van der Waals surface area contributed by atoms with Crippen LogP contribution in [0.15, 0.2) is 24.3 Å². The predicted octanol–water partition coefficient (Wildman–Crippen LogP) is 3.04. The number of nitrogens with zero attached hydrogens (tertiary/aromatic N) is 4. The summed E-state index contributed by atoms with van der Waals surface area (Å²) in [5, 5.41) is 28.1. The van der Waals surface area contributed by atoms with Crippen LogP contribution in [0.25, 0.3) is 10.6 Å². The van der Waals surface area contributed by atoms with Crippen molar-refractivity contribution in [2.45, 2.75) is 32.0 Å². The Balaban J connectivity index is 1.97. The highest BCUT2D eigenvalue weighted by molar-refractivity contribution is 7.14. The fourth-order valence-electron chi connectivity index (χ4n) is 2.88. The van der Waals surface area contributed by atoms with Crippen LogP contribution < -0.4 is 0 Å². The van der Waals surface area contributed by atoms with Gasteiger partial charge < -0.3 is 9.84 Å². The molecule has 2 aromatic rings. The molecule has 1 fully saturated rings. The molecule has 1 saturated heterocycles. The molecule has 1 aromatic heterocycles. The maximum absolute atomic E-state index is 11.7. The largest absolute Gasteiger partial charge is 0.465 e. The molecule has 0 aliphatic carbocycles. The molecule has 0 spiro atoms. The highest BCUT2D eigenvalue weighted by Crippen LogP contribution is 2.43. The second-order valence-corrected chi connectivity index (χ2v) is 7.21. The lowest BCUT2D eigenvalue weighted by Crippen LogP contribution is -2.51. The maximum atomic E-state index is 11.7. The van der Waals surface area contributed by atoms with Crippen LogP contribution in [0.1, 0.15) is 31.3 Å². The molecule has 1 N–H and O–H groups in total. The van der Waals surface area contributed by atoms with Gasteiger partial charge in [-0.15, -0.1) is 10.2 Å². The molecule has 7 nitrogen and oxygen atoms in total. The summed E-state index contributed by atoms with van der Waals surface area (Å²) < 4.78 is 5.68. The standard InChI is InChI=1S/C16H16N4O3S/c1-15(2)20(14(21)22)16(3,9-23-15)13-19-18-12(24-13)11-6-4-10(8-17)5-7-11/h4-7H,9H2,1-3H3,(H,21,22). The van der Waals surface area contributed by atoms with Gasteiger partial charge in [0.1, 0.15) is 21.3 Å². The SMILES string of the molecule is CC1(C)OCC(C)(c2nnc(-c3ccc(C#N)cc3)s2)N1C(=O)O. The number of rotatable bonds is 2. The van der Waals surface area contributed by atoms with Gasteiger partial charge in [-0.2, -0.15) is 5.26 Å². The van der Waals surface area contributed by atoms with Gasteiger partial charge in [0.25, 0.3) is 0 Å². The van der Waals surface area contributed by atoms with Gasteiger partial charge in [-0.05, 0) is 32.9 Å². The van der Waals surface area contributed by atoms with E-state index in [0.29, 0.717) is 15.6 Å². The monoisotopic (exact) mass is 344 g/mol. The number of nitriles is 1. The molecule has 2 heterocycles. The zero-order valence-corrected chi connectivity index (χ0v) is 14.3. The number of carboxylic acid groups (broad SMARTS) is 1. The van der Waals surface area contributed by atoms with E-state index in [-0.39, 0.29) is 6.61 Å². The van der Waals surface area contributed by atoms with Crippen molar-refractivity contribution in [3.05, 3.63) is 34.8 Å². The highest BCUT2D eigenvalue weighted by atomic mass is 32.1. The average Bonchev–Trinajstić information content (AvgIpc) is 3.11. The van der Waals surface area contributed by atoms with Crippen molar-refractivity contribution in [3.8, 4) is 16.6 Å². The maximum Gasteiger partial charge on any atom is 0.410 e. The van der Waals surface area contributed by atoms with Crippen molar-refractivity contribution in [2.75, 3.05) is 6.61 Å². The molecule has 0 bridgehead atoms. The first kappa shape index (κ1) is 16.4. The first-order chi connectivity index (χ1) is 11.3. The summed E-state index contributed by atoms with van der Waals surface area (Å²) in [5.74, 6) is 0. The molecule has 8 heteroatoms. The van der Waals surface area contributed by atoms with Crippen LogP contribution in [0, 0.1) is 11.3 Å². The van der Waals surface area contributed by atoms with Gasteiger partial charge in [0.15, 0.2) is 0 Å². The van der Waals surface area contributed by atoms with Crippen LogP contribution in [0.4, 0.5) is 4.79 Å². The Hall–Kier alpha value is -2.50. The van der Waals surface area contributed by atoms with Crippen molar-refractivity contribution >= 4 is 17.4 Å². The third-order valence-corrected chi connectivity index (χ3v) is 5.30. The fraction of sp³-hybridized carbons (Fsp3) is 0.375. The Morgan fingerprint density at radius 2 is 2.00 bits per heavy atom. The van der Waals surface area contributed by atoms with Gasteiger partial charge in [-0.3, -0.25) is 4.90 Å². The summed E-state index contributed by atoms with van der Waals surface area (Å²) in [5.41, 5.74) is -0.418. The van der Waals surface area contributed by atoms with E-state index in [9.17, 15) is 9.90 Å². The smallest absolute Gasteiger partial charge is 0.410 e. The summed E-state index contributed by atoms with van der Waals surface area (Å²) in [7, 11) is 0. The lowest BCUT2D eigenvalue weighted by atomic mass is 10.0. The van der Waals surface area contributed by atoms with Crippen molar-refractivity contribution in [1.29, 1.82) is 5.26 Å². The third-order valence-electron chi connectivity index (χ3n) is 4.08. The number of hydrogen-bond donors (Lipinski definition) is 1. The molecule has 0 saturated carbocycles. The average molecular weight is 344 g/mol. The summed E-state index contributed by atoms with van der Waals surface area (Å²) in [4.78, 5) is 13.0. The van der Waals surface area contributed by atoms with E-state index in [1.54, 1.807) is 45.0 Å². The minimum atomic E-state index is -1.06. The Morgan fingerprint density at radius 1 is 1.33 bits per heavy atom. The minimum absolute atomic E-state index is 0.217. The van der Waals surface area contributed by atoms with E-state index in [4.69, 9.17) is 10.00 Å². The van der Waals surface area contributed by atoms with Gasteiger partial charge in [-0.1, -0.05) is 23.5 Å². The topological polar surface area (TPSA) is 99.3 Å². The second kappa shape index (κ2) is 5.54. The molecule has 24 heavy (non-hydrogen) atoms. The molecule has 1 aromatic carbocycles. The van der Waals surface area contributed by atoms with Crippen molar-refractivity contribution in [1.82, 2.24) is 15.1 Å². The van der Waals surface area contributed by atoms with Crippen LogP contribution in [0.3, 0.4) is 0 Å². The minimum Gasteiger partial charge on any atom is -0.465 e. The Bertz CT molecular complexity index is 825. The molecule has 1 aliphatic rings. The number of benzene rings is 1. The van der Waals surface area contributed by atoms with Crippen molar-refractivity contribution in [2.24, 2.45) is 0 Å². The van der Waals surface area contributed by atoms with E-state index in [2.05, 4.69) is 16.3 Å². The van der Waals surface area contributed by atoms with E-state index in [0.717, 1.165) is 5.56 Å². The van der Waals surface area contributed by atoms with Crippen LogP contribution in [-0.4, -0.2) is 38.6 Å². The summed E-state index contributed by atoms with van der Waals surface area (Å²) in [6, 6.07) is 9.09. The van der Waals surface area contributed by atoms with Crippen LogP contribution >= 0.6 is 11.3 Å². The lowest BCUT2D eigenvalue weighted by molar-refractivity contribution is -0.0466. The van der Waals surface area contributed by atoms with Crippen molar-refractivity contribution in [3.63, 3.8) is 0 Å². The Morgan fingerprint density at radius 3 is 2.58 bits per heavy atom. The molecular weight excluding hydrogens is 328 g/mol. The molecular formula is C16H16N4O3S. The van der Waals surface area contributed by atoms with E-state index >= 15 is 0 Å². The summed E-state index contributed by atoms with van der Waals surface area (Å²) in [6.07, 6.45) is -1.06. The molecule has 1 atom stereocenters. The first-order valence-electron chi connectivity index (χ1n) is 7.30. The fourth-order valence-corrected chi connectivity index (χ4v) is 3.85. The van der Waals surface area contributed by atoms with Gasteiger partial charge in [-0.25, -0.2) is 4.79 Å². The van der Waals surface area contributed by atoms with E-state index < -0.39 is 17.4 Å². The molecule has 124 valence electrons. The molecule has 0 radical (unpaired) electrons. The quantitative estimate of drug-likeness (QED) is 0.899. The molecule has 1 aliphatic heterocycles. The van der Waals surface area contributed by atoms with Crippen LogP contribution in [0.5, 0.6) is 0 Å². The zero-order chi connectivity index (χ0) is 17.5. The van der Waals surface area contributed by atoms with E-state index in [1.807, 2.05) is 0 Å². The highest BCUT2D eigenvalue weighted by Gasteiger charge is 2.54. The first-order valence-corrected chi connectivity index (χ1v) is 8.11. The van der Waals surface area contributed by atoms with Crippen LogP contribution in [0.2, 0.25) is 0 Å². The molecule has 3 rings (SSSR count). The van der Waals surface area contributed by atoms with Crippen molar-refractivity contribution < 1.29 is 14.6 Å². The lowest BCUT2D eigenvalue weighted by Gasteiger charge is -2.35. The number of hydrogen-bond acceptors (Lipinski definition) is 6. The van der Waals surface area contributed by atoms with Gasteiger partial charge >= 0.3 is 6.09 Å². The van der Waals surface area contributed by atoms with Gasteiger partial charge in [0, 0.05) is 5.56 Å². The second-order valence-electron chi connectivity index (χ2n) is 6.23. The Kier molecular flexibility index (Phi) is 3.78. The van der Waals surface area contributed by atoms with Gasteiger partial charge in [0.2, 0.25) is 0 Å². The normalized spacial score (nSPS) is 22.3. The Labute approximate surface area is 143 Å². The number of aromatic nitrogens is 2. The van der Waals surface area contributed by atoms with Crippen LogP contribution in [-0.2, 0) is 10.3 Å². The summed E-state index contributed by atoms with van der Waals surface area (Å²) >= 11 is 1.33.